The lowest BCUT2D eigenvalue weighted by Gasteiger charge is -2.27. The van der Waals surface area contributed by atoms with Gasteiger partial charge >= 0.3 is 6.03 Å². The standard InChI is InChI=1S/C16H25N3O3/c20-12-13-5-8-19(11-13)16(21)17-10-14(15-4-3-9-22-15)18-6-1-2-7-18/h3-4,9,13-14,20H,1-2,5-8,10-12H2,(H,17,21). The average Bonchev–Trinajstić information content (AvgIpc) is 3.29. The van der Waals surface area contributed by atoms with E-state index in [4.69, 9.17) is 4.42 Å². The van der Waals surface area contributed by atoms with Crippen molar-refractivity contribution in [2.75, 3.05) is 39.3 Å². The Bertz CT molecular complexity index is 471. The number of amides is 2. The zero-order valence-electron chi connectivity index (χ0n) is 12.9. The van der Waals surface area contributed by atoms with Crippen LogP contribution in [-0.2, 0) is 0 Å². The van der Waals surface area contributed by atoms with Crippen molar-refractivity contribution in [2.24, 2.45) is 5.92 Å². The molecule has 2 amide bonds. The summed E-state index contributed by atoms with van der Waals surface area (Å²) < 4.78 is 5.56. The van der Waals surface area contributed by atoms with Crippen molar-refractivity contribution < 1.29 is 14.3 Å². The second-order valence-electron chi connectivity index (χ2n) is 6.24. The fourth-order valence-corrected chi connectivity index (χ4v) is 3.41. The molecule has 0 bridgehead atoms. The van der Waals surface area contributed by atoms with E-state index in [1.807, 2.05) is 12.1 Å². The molecule has 122 valence electrons. The molecule has 2 unspecified atom stereocenters. The highest BCUT2D eigenvalue weighted by Gasteiger charge is 2.29. The maximum atomic E-state index is 12.3. The van der Waals surface area contributed by atoms with Gasteiger partial charge in [0.15, 0.2) is 0 Å². The van der Waals surface area contributed by atoms with Crippen molar-refractivity contribution in [3.8, 4) is 0 Å². The first-order valence-corrected chi connectivity index (χ1v) is 8.19. The van der Waals surface area contributed by atoms with Crippen LogP contribution in [0, 0.1) is 5.92 Å². The minimum absolute atomic E-state index is 0.0355. The number of aliphatic hydroxyl groups is 1. The molecule has 6 nitrogen and oxygen atoms in total. The van der Waals surface area contributed by atoms with E-state index >= 15 is 0 Å². The Labute approximate surface area is 131 Å². The minimum Gasteiger partial charge on any atom is -0.468 e. The Morgan fingerprint density at radius 3 is 2.86 bits per heavy atom. The van der Waals surface area contributed by atoms with Crippen molar-refractivity contribution >= 4 is 6.03 Å². The third-order valence-corrected chi connectivity index (χ3v) is 4.73. The Morgan fingerprint density at radius 1 is 1.41 bits per heavy atom. The van der Waals surface area contributed by atoms with Crippen molar-refractivity contribution in [2.45, 2.75) is 25.3 Å². The zero-order valence-corrected chi connectivity index (χ0v) is 12.9. The number of urea groups is 1. The van der Waals surface area contributed by atoms with Crippen LogP contribution in [0.1, 0.15) is 31.1 Å². The van der Waals surface area contributed by atoms with Gasteiger partial charge in [-0.3, -0.25) is 4.90 Å². The fraction of sp³-hybridized carbons (Fsp3) is 0.688. The molecule has 0 aromatic carbocycles. The van der Waals surface area contributed by atoms with Crippen LogP contribution in [0.15, 0.2) is 22.8 Å². The minimum atomic E-state index is -0.0355. The van der Waals surface area contributed by atoms with E-state index in [1.54, 1.807) is 11.2 Å². The number of carbonyl (C=O) groups is 1. The lowest BCUT2D eigenvalue weighted by atomic mass is 10.1. The predicted octanol–water partition coefficient (Wildman–Crippen LogP) is 1.44. The maximum Gasteiger partial charge on any atom is 0.317 e. The fourth-order valence-electron chi connectivity index (χ4n) is 3.41. The normalized spacial score (nSPS) is 23.9. The number of likely N-dealkylation sites (tertiary alicyclic amines) is 2. The summed E-state index contributed by atoms with van der Waals surface area (Å²) in [6.45, 7) is 4.21. The van der Waals surface area contributed by atoms with Gasteiger partial charge in [0.2, 0.25) is 0 Å². The van der Waals surface area contributed by atoms with Crippen LogP contribution >= 0.6 is 0 Å². The summed E-state index contributed by atoms with van der Waals surface area (Å²) in [5, 5.41) is 12.2. The molecule has 3 heterocycles. The van der Waals surface area contributed by atoms with E-state index < -0.39 is 0 Å². The van der Waals surface area contributed by atoms with Gasteiger partial charge in [0, 0.05) is 32.2 Å². The lowest BCUT2D eigenvalue weighted by molar-refractivity contribution is 0.183. The monoisotopic (exact) mass is 307 g/mol. The third-order valence-electron chi connectivity index (χ3n) is 4.73. The SMILES string of the molecule is O=C(NCC(c1ccco1)N1CCCC1)N1CCC(CO)C1. The smallest absolute Gasteiger partial charge is 0.317 e. The Hall–Kier alpha value is -1.53. The summed E-state index contributed by atoms with van der Waals surface area (Å²) in [7, 11) is 0. The predicted molar refractivity (Wildman–Crippen MR) is 82.4 cm³/mol. The van der Waals surface area contributed by atoms with Gasteiger partial charge < -0.3 is 19.7 Å². The highest BCUT2D eigenvalue weighted by Crippen LogP contribution is 2.25. The van der Waals surface area contributed by atoms with Crippen molar-refractivity contribution in [3.63, 3.8) is 0 Å². The van der Waals surface area contributed by atoms with Crippen LogP contribution in [-0.4, -0.2) is 60.3 Å². The lowest BCUT2D eigenvalue weighted by Crippen LogP contribution is -2.43. The molecule has 22 heavy (non-hydrogen) atoms. The number of aliphatic hydroxyl groups excluding tert-OH is 1. The number of furan rings is 1. The topological polar surface area (TPSA) is 69.0 Å². The number of nitrogens with zero attached hydrogens (tertiary/aromatic N) is 2. The number of hydrogen-bond donors (Lipinski definition) is 2. The quantitative estimate of drug-likeness (QED) is 0.864. The number of hydrogen-bond acceptors (Lipinski definition) is 4. The highest BCUT2D eigenvalue weighted by molar-refractivity contribution is 5.74. The maximum absolute atomic E-state index is 12.3. The molecule has 2 saturated heterocycles. The van der Waals surface area contributed by atoms with E-state index in [0.717, 1.165) is 31.8 Å². The van der Waals surface area contributed by atoms with Crippen molar-refractivity contribution in [3.05, 3.63) is 24.2 Å². The molecule has 2 aliphatic heterocycles. The molecular weight excluding hydrogens is 282 g/mol. The third kappa shape index (κ3) is 3.44. The van der Waals surface area contributed by atoms with E-state index in [0.29, 0.717) is 13.1 Å². The molecule has 0 saturated carbocycles. The van der Waals surface area contributed by atoms with Gasteiger partial charge in [0.1, 0.15) is 5.76 Å². The number of nitrogens with one attached hydrogen (secondary N) is 1. The second-order valence-corrected chi connectivity index (χ2v) is 6.24. The van der Waals surface area contributed by atoms with E-state index in [2.05, 4.69) is 10.2 Å². The van der Waals surface area contributed by atoms with Crippen LogP contribution in [0.25, 0.3) is 0 Å². The van der Waals surface area contributed by atoms with Gasteiger partial charge in [-0.2, -0.15) is 0 Å². The zero-order chi connectivity index (χ0) is 15.4. The molecule has 2 N–H and O–H groups in total. The van der Waals surface area contributed by atoms with Crippen LogP contribution in [0.2, 0.25) is 0 Å². The van der Waals surface area contributed by atoms with Gasteiger partial charge in [0.05, 0.1) is 12.3 Å². The summed E-state index contributed by atoms with van der Waals surface area (Å²) in [6.07, 6.45) is 4.98. The number of carbonyl (C=O) groups excluding carboxylic acids is 1. The highest BCUT2D eigenvalue weighted by atomic mass is 16.3. The van der Waals surface area contributed by atoms with Crippen LogP contribution in [0.5, 0.6) is 0 Å². The molecule has 1 aromatic rings. The van der Waals surface area contributed by atoms with E-state index in [-0.39, 0.29) is 24.6 Å². The largest absolute Gasteiger partial charge is 0.468 e. The first-order chi connectivity index (χ1) is 10.8. The van der Waals surface area contributed by atoms with Gasteiger partial charge in [-0.25, -0.2) is 4.79 Å². The van der Waals surface area contributed by atoms with E-state index in [1.165, 1.54) is 12.8 Å². The van der Waals surface area contributed by atoms with Crippen LogP contribution in [0.4, 0.5) is 4.79 Å². The average molecular weight is 307 g/mol. The Kier molecular flexibility index (Phi) is 5.00. The number of rotatable bonds is 5. The molecule has 3 rings (SSSR count). The summed E-state index contributed by atoms with van der Waals surface area (Å²) in [5.74, 6) is 1.14. The second kappa shape index (κ2) is 7.15. The van der Waals surface area contributed by atoms with Gasteiger partial charge in [0.25, 0.3) is 0 Å². The van der Waals surface area contributed by atoms with E-state index in [9.17, 15) is 9.90 Å². The summed E-state index contributed by atoms with van der Waals surface area (Å²) in [5.41, 5.74) is 0. The summed E-state index contributed by atoms with van der Waals surface area (Å²) >= 11 is 0. The molecule has 2 fully saturated rings. The molecule has 6 heteroatoms. The first-order valence-electron chi connectivity index (χ1n) is 8.19. The first kappa shape index (κ1) is 15.4. The van der Waals surface area contributed by atoms with Crippen LogP contribution < -0.4 is 5.32 Å². The molecule has 0 radical (unpaired) electrons. The summed E-state index contributed by atoms with van der Waals surface area (Å²) in [4.78, 5) is 16.5. The molecule has 0 aliphatic carbocycles. The molecule has 1 aromatic heterocycles. The van der Waals surface area contributed by atoms with Crippen LogP contribution in [0.3, 0.4) is 0 Å². The summed E-state index contributed by atoms with van der Waals surface area (Å²) in [6, 6.07) is 3.95. The molecule has 0 spiro atoms. The van der Waals surface area contributed by atoms with Crippen molar-refractivity contribution in [1.82, 2.24) is 15.1 Å². The molecule has 2 atom stereocenters. The Balaban J connectivity index is 1.56. The van der Waals surface area contributed by atoms with Gasteiger partial charge in [-0.05, 0) is 44.5 Å². The van der Waals surface area contributed by atoms with Gasteiger partial charge in [-0.1, -0.05) is 0 Å². The molecule has 2 aliphatic rings. The van der Waals surface area contributed by atoms with Gasteiger partial charge in [-0.15, -0.1) is 0 Å². The van der Waals surface area contributed by atoms with Crippen molar-refractivity contribution in [1.29, 1.82) is 0 Å². The molecular formula is C16H25N3O3. The Morgan fingerprint density at radius 2 is 2.23 bits per heavy atom.